The van der Waals surface area contributed by atoms with Crippen LogP contribution < -0.4 is 5.32 Å². The zero-order valence-corrected chi connectivity index (χ0v) is 33.6. The first kappa shape index (κ1) is 42.2. The van der Waals surface area contributed by atoms with Crippen molar-refractivity contribution in [2.24, 2.45) is 40.6 Å². The van der Waals surface area contributed by atoms with Crippen LogP contribution in [-0.2, 0) is 19.1 Å². The molecule has 0 aromatic heterocycles. The van der Waals surface area contributed by atoms with Gasteiger partial charge in [0.25, 0.3) is 5.91 Å². The third-order valence-electron chi connectivity index (χ3n) is 11.6. The molecule has 0 saturated carbocycles. The molecule has 56 heavy (non-hydrogen) atoms. The number of carbonyl (C=O) groups excluding carboxylic acids is 3. The molecular formula is C43H56N4O9. The number of nitrogens with one attached hydrogen (secondary N) is 1. The summed E-state index contributed by atoms with van der Waals surface area (Å²) < 4.78 is 12.1. The van der Waals surface area contributed by atoms with Crippen molar-refractivity contribution >= 4 is 35.1 Å². The number of ketones is 1. The highest BCUT2D eigenvalue weighted by Gasteiger charge is 2.47. The number of nitrogens with zero attached hydrogens (tertiary/aromatic N) is 3. The van der Waals surface area contributed by atoms with Crippen LogP contribution in [0.2, 0.25) is 0 Å². The number of carbonyl (C=O) groups is 3. The van der Waals surface area contributed by atoms with E-state index in [0.717, 1.165) is 13.1 Å². The highest BCUT2D eigenvalue weighted by Crippen LogP contribution is 2.51. The molecule has 5 N–H and O–H groups in total. The van der Waals surface area contributed by atoms with Gasteiger partial charge in [-0.1, -0.05) is 64.0 Å². The molecule has 2 unspecified atom stereocenters. The van der Waals surface area contributed by atoms with E-state index in [9.17, 15) is 34.8 Å². The Hall–Kier alpha value is -4.90. The summed E-state index contributed by atoms with van der Waals surface area (Å²) >= 11 is 0. The molecule has 13 heteroatoms. The molecule has 13 nitrogen and oxygen atoms in total. The largest absolute Gasteiger partial charge is 0.512 e. The van der Waals surface area contributed by atoms with Gasteiger partial charge in [-0.3, -0.25) is 19.4 Å². The second-order valence-electron chi connectivity index (χ2n) is 15.7. The number of ether oxygens (including phenoxy) is 2. The Morgan fingerprint density at radius 1 is 1.02 bits per heavy atom. The van der Waals surface area contributed by atoms with Crippen molar-refractivity contribution in [3.63, 3.8) is 0 Å². The molecule has 302 valence electrons. The van der Waals surface area contributed by atoms with Gasteiger partial charge < -0.3 is 40.1 Å². The topological polar surface area (TPSA) is 181 Å². The normalized spacial score (nSPS) is 32.7. The van der Waals surface area contributed by atoms with Crippen molar-refractivity contribution < 1.29 is 44.3 Å². The van der Waals surface area contributed by atoms with Crippen molar-refractivity contribution in [2.45, 2.75) is 72.7 Å². The maximum atomic E-state index is 14.1. The van der Waals surface area contributed by atoms with Crippen LogP contribution in [0.1, 0.15) is 75.9 Å². The predicted octanol–water partition coefficient (Wildman–Crippen LogP) is 5.04. The first-order valence-corrected chi connectivity index (χ1v) is 19.3. The molecular weight excluding hydrogens is 716 g/mol. The average molecular weight is 773 g/mol. The molecule has 5 aliphatic rings. The number of phenols is 2. The van der Waals surface area contributed by atoms with E-state index in [-0.39, 0.29) is 57.5 Å². The van der Waals surface area contributed by atoms with Crippen LogP contribution >= 0.6 is 0 Å². The lowest BCUT2D eigenvalue weighted by atomic mass is 9.69. The highest BCUT2D eigenvalue weighted by atomic mass is 16.5. The minimum Gasteiger partial charge on any atom is -0.512 e. The number of piperazine rings is 1. The number of Topliss-reactive ketones (excluding diaryl/α,β-unsaturated/α-hetero) is 1. The Morgan fingerprint density at radius 2 is 1.71 bits per heavy atom. The number of phenolic OH excluding ortho intramolecular Hbond substituents is 2. The standard InChI is InChI=1S/C43H56N4O9/c1-23-11-9-12-24(2)43(54)45-38-30(22-44-47-19-17-46(7)18-20-47)40(52)37-35-29(15-16-32(50)36(37)41(38)53)26(4)34(33(55-8)14-10-13-31(35)49)42(56-28(6)48)27(5)39(51)25(3)21-23/h9-12,14,22-23,25-27,29,33-34,39,42,49,51-53H,13,17-21H2,1-8H3,(H,45,54)/b11-9+,14-10+,24-12-,35-31?,44-22+/t23-,25+,26?,27+,29?,33-,34-,39+,42-/m0/s1. The third-order valence-corrected chi connectivity index (χ3v) is 11.6. The van der Waals surface area contributed by atoms with Gasteiger partial charge in [0.1, 0.15) is 17.6 Å². The molecule has 6 bridgehead atoms. The number of hydrogen-bond acceptors (Lipinski definition) is 12. The number of allylic oxidation sites excluding steroid dienone is 5. The molecule has 3 aliphatic heterocycles. The summed E-state index contributed by atoms with van der Waals surface area (Å²) in [5.41, 5.74) is -0.509. The maximum absolute atomic E-state index is 14.1. The number of hydrogen-bond donors (Lipinski definition) is 5. The molecule has 6 rings (SSSR count). The lowest BCUT2D eigenvalue weighted by Gasteiger charge is -2.42. The summed E-state index contributed by atoms with van der Waals surface area (Å²) in [5.74, 6) is -0.931. The van der Waals surface area contributed by atoms with E-state index in [1.807, 2.05) is 40.8 Å². The number of rotatable bonds is 4. The number of esters is 1. The fourth-order valence-corrected chi connectivity index (χ4v) is 8.40. The van der Waals surface area contributed by atoms with E-state index in [0.29, 0.717) is 19.5 Å². The fraction of sp³-hybridized carbons (Fsp3) is 0.535. The van der Waals surface area contributed by atoms with Crippen LogP contribution in [-0.4, -0.2) is 113 Å². The lowest BCUT2D eigenvalue weighted by Crippen LogP contribution is -2.48. The summed E-state index contributed by atoms with van der Waals surface area (Å²) in [6, 6.07) is 0. The van der Waals surface area contributed by atoms with Gasteiger partial charge in [-0.2, -0.15) is 5.10 Å². The number of fused-ring (bicyclic) bond motifs is 10. The Morgan fingerprint density at radius 3 is 2.38 bits per heavy atom. The molecule has 1 amide bonds. The SMILES string of the molecule is CO[C@H]1/C=C/CC(O)=C2c3c(O)c(/C=N/N4CCN(C)CC4)c4c(O)c3C(=O)C#CC2C(C)[C@@H]1[C@@H](OC(C)=O)[C@H](C)[C@H](O)[C@H](C)C[C@@H](C)/C=C/C=C(/C)C(=O)N4. The van der Waals surface area contributed by atoms with Crippen LogP contribution in [0.3, 0.4) is 0 Å². The van der Waals surface area contributed by atoms with Crippen molar-refractivity contribution in [2.75, 3.05) is 45.7 Å². The Balaban J connectivity index is 1.83. The van der Waals surface area contributed by atoms with E-state index in [1.54, 1.807) is 36.2 Å². The van der Waals surface area contributed by atoms with Crippen molar-refractivity contribution in [3.8, 4) is 23.3 Å². The summed E-state index contributed by atoms with van der Waals surface area (Å²) in [4.78, 5) is 42.7. The second-order valence-corrected chi connectivity index (χ2v) is 15.7. The lowest BCUT2D eigenvalue weighted by molar-refractivity contribution is -0.163. The molecule has 0 spiro atoms. The summed E-state index contributed by atoms with van der Waals surface area (Å²) in [5, 5.41) is 57.4. The predicted molar refractivity (Wildman–Crippen MR) is 214 cm³/mol. The number of hydrazone groups is 1. The molecule has 3 heterocycles. The van der Waals surface area contributed by atoms with Crippen LogP contribution in [0.5, 0.6) is 11.5 Å². The van der Waals surface area contributed by atoms with Gasteiger partial charge in [-0.05, 0) is 44.1 Å². The Labute approximate surface area is 329 Å². The minimum absolute atomic E-state index is 0.0147. The smallest absolute Gasteiger partial charge is 0.302 e. The van der Waals surface area contributed by atoms with Crippen LogP contribution in [0, 0.1) is 47.3 Å². The Bertz CT molecular complexity index is 1910. The number of methoxy groups -OCH3 is 1. The van der Waals surface area contributed by atoms with Gasteiger partial charge in [0.05, 0.1) is 41.2 Å². The summed E-state index contributed by atoms with van der Waals surface area (Å²) in [7, 11) is 3.52. The van der Waals surface area contributed by atoms with E-state index < -0.39 is 71.1 Å². The van der Waals surface area contributed by atoms with Crippen LogP contribution in [0.25, 0.3) is 5.57 Å². The quantitative estimate of drug-likeness (QED) is 0.0527. The van der Waals surface area contributed by atoms with Crippen molar-refractivity contribution in [1.29, 1.82) is 0 Å². The van der Waals surface area contributed by atoms with Crippen molar-refractivity contribution in [1.82, 2.24) is 9.91 Å². The number of amides is 1. The minimum atomic E-state index is -0.989. The molecule has 2 aliphatic carbocycles. The van der Waals surface area contributed by atoms with Crippen molar-refractivity contribution in [3.05, 3.63) is 58.4 Å². The average Bonchev–Trinajstić information content (AvgIpc) is 3.28. The number of aromatic hydroxyl groups is 2. The highest BCUT2D eigenvalue weighted by molar-refractivity contribution is 6.19. The van der Waals surface area contributed by atoms with Crippen LogP contribution in [0.4, 0.5) is 5.69 Å². The van der Waals surface area contributed by atoms with E-state index in [2.05, 4.69) is 27.2 Å². The summed E-state index contributed by atoms with van der Waals surface area (Å²) in [6.45, 7) is 13.1. The molecule has 1 saturated heterocycles. The van der Waals surface area contributed by atoms with Gasteiger partial charge in [0.15, 0.2) is 5.75 Å². The zero-order valence-electron chi connectivity index (χ0n) is 33.6. The molecule has 1 aromatic rings. The molecule has 1 aromatic carbocycles. The van der Waals surface area contributed by atoms with Gasteiger partial charge in [0.2, 0.25) is 5.78 Å². The fourth-order valence-electron chi connectivity index (χ4n) is 8.40. The van der Waals surface area contributed by atoms with Gasteiger partial charge in [0, 0.05) is 75.2 Å². The monoisotopic (exact) mass is 772 g/mol. The molecule has 0 radical (unpaired) electrons. The molecule has 9 atom stereocenters. The zero-order chi connectivity index (χ0) is 41.0. The van der Waals surface area contributed by atoms with E-state index in [1.165, 1.54) is 20.2 Å². The number of likely N-dealkylation sites (N-methyl/N-ethyl adjacent to an activating group) is 1. The van der Waals surface area contributed by atoms with Gasteiger partial charge >= 0.3 is 5.97 Å². The number of anilines is 1. The van der Waals surface area contributed by atoms with E-state index in [4.69, 9.17) is 9.47 Å². The van der Waals surface area contributed by atoms with Gasteiger partial charge in [-0.25, -0.2) is 0 Å². The Kier molecular flexibility index (Phi) is 13.5. The number of aliphatic hydroxyl groups excluding tert-OH is 2. The molecule has 1 fully saturated rings. The maximum Gasteiger partial charge on any atom is 0.302 e. The first-order chi connectivity index (χ1) is 26.5. The van der Waals surface area contributed by atoms with Crippen LogP contribution in [0.15, 0.2) is 46.8 Å². The second kappa shape index (κ2) is 17.9. The van der Waals surface area contributed by atoms with E-state index >= 15 is 0 Å². The third kappa shape index (κ3) is 8.88. The first-order valence-electron chi connectivity index (χ1n) is 19.3. The number of benzene rings is 1. The number of aliphatic hydroxyl groups is 2. The van der Waals surface area contributed by atoms with Gasteiger partial charge in [-0.15, -0.1) is 0 Å². The summed E-state index contributed by atoms with van der Waals surface area (Å²) in [6.07, 6.45) is 8.03.